The predicted octanol–water partition coefficient (Wildman–Crippen LogP) is 4.95. The van der Waals surface area contributed by atoms with Crippen molar-refractivity contribution in [1.82, 2.24) is 4.37 Å². The van der Waals surface area contributed by atoms with Crippen molar-refractivity contribution in [2.75, 3.05) is 19.0 Å². The number of aryl methyl sites for hydroxylation is 2. The Kier molecular flexibility index (Phi) is 13.0. The van der Waals surface area contributed by atoms with E-state index in [9.17, 15) is 4.79 Å². The highest BCUT2D eigenvalue weighted by Crippen LogP contribution is 2.29. The molecule has 0 radical (unpaired) electrons. The van der Waals surface area contributed by atoms with Gasteiger partial charge in [0.15, 0.2) is 0 Å². The molecule has 1 aliphatic rings. The zero-order chi connectivity index (χ0) is 26.2. The first-order valence-electron chi connectivity index (χ1n) is 11.9. The fourth-order valence-electron chi connectivity index (χ4n) is 4.12. The van der Waals surface area contributed by atoms with Crippen molar-refractivity contribution in [1.29, 1.82) is 0 Å². The van der Waals surface area contributed by atoms with E-state index in [2.05, 4.69) is 44.5 Å². The van der Waals surface area contributed by atoms with Crippen LogP contribution < -0.4 is 5.32 Å². The molecule has 0 saturated heterocycles. The second kappa shape index (κ2) is 16.2. The number of aliphatic hydroxyl groups excluding tert-OH is 1. The number of nitrogens with one attached hydrogen (secondary N) is 1. The normalized spacial score (nSPS) is 13.4. The zero-order valence-electron chi connectivity index (χ0n) is 21.0. The first kappa shape index (κ1) is 28.8. The lowest BCUT2D eigenvalue weighted by Gasteiger charge is -2.24. The molecular weight excluding hydrogens is 472 g/mol. The number of hydrogen-bond acceptors (Lipinski definition) is 7. The van der Waals surface area contributed by atoms with E-state index in [1.165, 1.54) is 29.1 Å². The number of aromatic nitrogens is 1. The van der Waals surface area contributed by atoms with E-state index in [0.29, 0.717) is 19.7 Å². The van der Waals surface area contributed by atoms with Crippen LogP contribution in [0.2, 0.25) is 0 Å². The van der Waals surface area contributed by atoms with Gasteiger partial charge in [-0.1, -0.05) is 42.3 Å². The summed E-state index contributed by atoms with van der Waals surface area (Å²) in [5, 5.41) is 12.2. The highest BCUT2D eigenvalue weighted by molar-refractivity contribution is 7.07. The SMILES string of the molecule is C=O.CNc1c(C)nsc1C#Cc1ccc2c(c1)CCC(CCCO)C2.O=COCc1ccccc1. The van der Waals surface area contributed by atoms with Gasteiger partial charge in [-0.3, -0.25) is 4.79 Å². The molecule has 36 heavy (non-hydrogen) atoms. The molecule has 0 bridgehead atoms. The maximum atomic E-state index is 9.76. The zero-order valence-corrected chi connectivity index (χ0v) is 21.8. The van der Waals surface area contributed by atoms with Crippen molar-refractivity contribution in [3.63, 3.8) is 0 Å². The van der Waals surface area contributed by atoms with Gasteiger partial charge in [0, 0.05) is 19.2 Å². The molecule has 7 heteroatoms. The largest absolute Gasteiger partial charge is 0.463 e. The molecule has 190 valence electrons. The fraction of sp³-hybridized carbons (Fsp3) is 0.345. The number of benzene rings is 2. The number of ether oxygens (including phenoxy) is 1. The van der Waals surface area contributed by atoms with Gasteiger partial charge >= 0.3 is 0 Å². The topological polar surface area (TPSA) is 88.5 Å². The summed E-state index contributed by atoms with van der Waals surface area (Å²) in [4.78, 5) is 18.8. The van der Waals surface area contributed by atoms with E-state index in [4.69, 9.17) is 9.90 Å². The third kappa shape index (κ3) is 8.95. The Hall–Kier alpha value is -3.47. The molecule has 0 fully saturated rings. The molecule has 2 N–H and O–H groups in total. The van der Waals surface area contributed by atoms with E-state index < -0.39 is 0 Å². The number of nitrogens with zero attached hydrogens (tertiary/aromatic N) is 1. The number of carbonyl (C=O) groups excluding carboxylic acids is 2. The first-order valence-corrected chi connectivity index (χ1v) is 12.7. The van der Waals surface area contributed by atoms with E-state index >= 15 is 0 Å². The smallest absolute Gasteiger partial charge is 0.293 e. The van der Waals surface area contributed by atoms with E-state index in [0.717, 1.165) is 59.0 Å². The first-order chi connectivity index (χ1) is 17.6. The van der Waals surface area contributed by atoms with Crippen LogP contribution >= 0.6 is 11.5 Å². The minimum atomic E-state index is 0.309. The molecule has 0 amide bonds. The lowest BCUT2D eigenvalue weighted by atomic mass is 9.81. The molecule has 0 aliphatic heterocycles. The molecule has 1 aliphatic carbocycles. The van der Waals surface area contributed by atoms with Crippen LogP contribution in [0.5, 0.6) is 0 Å². The number of rotatable bonds is 7. The van der Waals surface area contributed by atoms with E-state index in [-0.39, 0.29) is 0 Å². The van der Waals surface area contributed by atoms with Crippen LogP contribution in [0.15, 0.2) is 48.5 Å². The summed E-state index contributed by atoms with van der Waals surface area (Å²) < 4.78 is 8.90. The Morgan fingerprint density at radius 2 is 1.97 bits per heavy atom. The Morgan fingerprint density at radius 1 is 1.19 bits per heavy atom. The Balaban J connectivity index is 0.000000318. The van der Waals surface area contributed by atoms with Gasteiger partial charge in [-0.05, 0) is 91.2 Å². The summed E-state index contributed by atoms with van der Waals surface area (Å²) in [7, 11) is 1.91. The molecule has 2 aromatic carbocycles. The van der Waals surface area contributed by atoms with Crippen LogP contribution in [-0.2, 0) is 33.8 Å². The molecule has 1 atom stereocenters. The monoisotopic (exact) mass is 506 g/mol. The van der Waals surface area contributed by atoms with Crippen LogP contribution in [0.25, 0.3) is 0 Å². The van der Waals surface area contributed by atoms with E-state index in [1.807, 2.05) is 51.1 Å². The molecule has 6 nitrogen and oxygen atoms in total. The molecular formula is C29H34N2O4S. The van der Waals surface area contributed by atoms with Crippen molar-refractivity contribution in [2.45, 2.75) is 45.6 Å². The van der Waals surface area contributed by atoms with Gasteiger partial charge in [-0.25, -0.2) is 0 Å². The summed E-state index contributed by atoms with van der Waals surface area (Å²) in [6, 6.07) is 16.2. The summed E-state index contributed by atoms with van der Waals surface area (Å²) in [6.45, 7) is 5.13. The van der Waals surface area contributed by atoms with Crippen LogP contribution in [0.1, 0.15) is 52.1 Å². The third-order valence-electron chi connectivity index (χ3n) is 5.90. The van der Waals surface area contributed by atoms with E-state index in [1.54, 1.807) is 0 Å². The summed E-state index contributed by atoms with van der Waals surface area (Å²) in [5.74, 6) is 7.27. The molecule has 1 aromatic heterocycles. The number of aliphatic hydroxyl groups is 1. The van der Waals surface area contributed by atoms with Gasteiger partial charge in [-0.15, -0.1) is 0 Å². The lowest BCUT2D eigenvalue weighted by Crippen LogP contribution is -2.14. The number of carbonyl (C=O) groups is 2. The minimum absolute atomic E-state index is 0.309. The predicted molar refractivity (Wildman–Crippen MR) is 145 cm³/mol. The second-order valence-corrected chi connectivity index (χ2v) is 9.10. The van der Waals surface area contributed by atoms with Gasteiger partial charge in [0.25, 0.3) is 6.47 Å². The van der Waals surface area contributed by atoms with Gasteiger partial charge in [0.05, 0.1) is 11.4 Å². The van der Waals surface area contributed by atoms with Gasteiger partial charge in [-0.2, -0.15) is 4.37 Å². The number of hydrogen-bond donors (Lipinski definition) is 2. The maximum absolute atomic E-state index is 9.76. The van der Waals surface area contributed by atoms with Gasteiger partial charge < -0.3 is 20.0 Å². The number of fused-ring (bicyclic) bond motifs is 1. The fourth-order valence-corrected chi connectivity index (χ4v) is 4.87. The van der Waals surface area contributed by atoms with Gasteiger partial charge in [0.1, 0.15) is 18.3 Å². The summed E-state index contributed by atoms with van der Waals surface area (Å²) in [5.41, 5.74) is 7.03. The Labute approximate surface area is 217 Å². The third-order valence-corrected chi connectivity index (χ3v) is 6.76. The Bertz CT molecular complexity index is 1140. The molecule has 3 aromatic rings. The highest BCUT2D eigenvalue weighted by Gasteiger charge is 2.18. The van der Waals surface area contributed by atoms with Crippen molar-refractivity contribution < 1.29 is 19.4 Å². The summed E-state index contributed by atoms with van der Waals surface area (Å²) >= 11 is 1.45. The van der Waals surface area contributed by atoms with Crippen molar-refractivity contribution in [3.05, 3.63) is 81.4 Å². The van der Waals surface area contributed by atoms with Crippen LogP contribution in [-0.4, -0.2) is 36.4 Å². The molecule has 1 unspecified atom stereocenters. The molecule has 4 rings (SSSR count). The maximum Gasteiger partial charge on any atom is 0.293 e. The standard InChI is InChI=1S/C20H24N2OS.C8H8O2.CH2O/c1-14-20(21-2)19(24-22-14)10-7-16-6-9-17-12-15(4-3-11-23)5-8-18(17)13-16;9-7-10-6-8-4-2-1-3-5-8;1-2/h6,9,13,15,21,23H,3-5,8,11-12H2,1-2H3;1-5,7H,6H2;1H2. The average molecular weight is 507 g/mol. The van der Waals surface area contributed by atoms with Crippen LogP contribution in [0.4, 0.5) is 5.69 Å². The van der Waals surface area contributed by atoms with Crippen molar-refractivity contribution in [2.24, 2.45) is 5.92 Å². The quantitative estimate of drug-likeness (QED) is 0.348. The Morgan fingerprint density at radius 3 is 2.67 bits per heavy atom. The molecule has 0 saturated carbocycles. The second-order valence-electron chi connectivity index (χ2n) is 8.32. The van der Waals surface area contributed by atoms with Crippen molar-refractivity contribution in [3.8, 4) is 11.8 Å². The summed E-state index contributed by atoms with van der Waals surface area (Å²) in [6.07, 6.45) is 5.55. The lowest BCUT2D eigenvalue weighted by molar-refractivity contribution is -0.129. The molecule has 0 spiro atoms. The van der Waals surface area contributed by atoms with Crippen molar-refractivity contribution >= 4 is 30.5 Å². The van der Waals surface area contributed by atoms with Gasteiger partial charge in [0.2, 0.25) is 0 Å². The minimum Gasteiger partial charge on any atom is -0.463 e. The average Bonchev–Trinajstić information content (AvgIpc) is 3.30. The molecule has 1 heterocycles. The van der Waals surface area contributed by atoms with Crippen LogP contribution in [0, 0.1) is 24.7 Å². The van der Waals surface area contributed by atoms with Crippen LogP contribution in [0.3, 0.4) is 0 Å². The number of anilines is 1. The highest BCUT2D eigenvalue weighted by atomic mass is 32.1.